The second kappa shape index (κ2) is 8.26. The standard InChI is InChI=1S/C19H19IN2O/c20-17-10-8-15(9-11-17)13-23-12-4-7-18-19(22-14-21-18)16-5-2-1-3-6-16/h1-3,5-6,8-11,14H,4,7,12-13H2,(H,21,22). The van der Waals surface area contributed by atoms with E-state index in [9.17, 15) is 0 Å². The molecule has 3 rings (SSSR count). The van der Waals surface area contributed by atoms with Crippen LogP contribution in [0.15, 0.2) is 60.9 Å². The zero-order valence-electron chi connectivity index (χ0n) is 12.8. The molecule has 3 aromatic rings. The van der Waals surface area contributed by atoms with Gasteiger partial charge in [0.15, 0.2) is 0 Å². The lowest BCUT2D eigenvalue weighted by Crippen LogP contribution is -1.99. The molecule has 2 aromatic carbocycles. The molecule has 0 unspecified atom stereocenters. The van der Waals surface area contributed by atoms with E-state index in [0.717, 1.165) is 30.7 Å². The molecule has 0 radical (unpaired) electrons. The lowest BCUT2D eigenvalue weighted by atomic mass is 10.1. The van der Waals surface area contributed by atoms with Crippen molar-refractivity contribution in [3.8, 4) is 11.3 Å². The summed E-state index contributed by atoms with van der Waals surface area (Å²) in [5.41, 5.74) is 4.60. The van der Waals surface area contributed by atoms with Crippen LogP contribution < -0.4 is 0 Å². The molecule has 0 spiro atoms. The molecule has 1 heterocycles. The summed E-state index contributed by atoms with van der Waals surface area (Å²) < 4.78 is 7.02. The molecule has 0 aliphatic heterocycles. The van der Waals surface area contributed by atoms with E-state index in [1.165, 1.54) is 14.8 Å². The number of nitrogens with zero attached hydrogens (tertiary/aromatic N) is 1. The van der Waals surface area contributed by atoms with E-state index in [-0.39, 0.29) is 0 Å². The minimum atomic E-state index is 0.672. The summed E-state index contributed by atoms with van der Waals surface area (Å²) in [6, 6.07) is 18.7. The Morgan fingerprint density at radius 2 is 1.78 bits per heavy atom. The van der Waals surface area contributed by atoms with E-state index in [0.29, 0.717) is 6.61 Å². The Kier molecular flexibility index (Phi) is 5.82. The Morgan fingerprint density at radius 1 is 1.00 bits per heavy atom. The third-order valence-electron chi connectivity index (χ3n) is 3.66. The number of hydrogen-bond acceptors (Lipinski definition) is 2. The van der Waals surface area contributed by atoms with Crippen molar-refractivity contribution in [2.75, 3.05) is 6.61 Å². The summed E-state index contributed by atoms with van der Waals surface area (Å²) in [6.07, 6.45) is 3.69. The molecule has 0 aliphatic carbocycles. The van der Waals surface area contributed by atoms with E-state index in [1.807, 2.05) is 18.2 Å². The first-order chi connectivity index (χ1) is 11.3. The minimum absolute atomic E-state index is 0.672. The van der Waals surface area contributed by atoms with Gasteiger partial charge in [0, 0.05) is 21.4 Å². The van der Waals surface area contributed by atoms with Crippen LogP contribution in [0.25, 0.3) is 11.3 Å². The topological polar surface area (TPSA) is 37.9 Å². The van der Waals surface area contributed by atoms with Crippen molar-refractivity contribution in [2.24, 2.45) is 0 Å². The van der Waals surface area contributed by atoms with Gasteiger partial charge in [-0.05, 0) is 53.1 Å². The normalized spacial score (nSPS) is 10.8. The zero-order valence-corrected chi connectivity index (χ0v) is 15.0. The average molecular weight is 418 g/mol. The van der Waals surface area contributed by atoms with Crippen molar-refractivity contribution in [2.45, 2.75) is 19.4 Å². The highest BCUT2D eigenvalue weighted by Gasteiger charge is 2.07. The molecule has 0 atom stereocenters. The van der Waals surface area contributed by atoms with Gasteiger partial charge in [0.25, 0.3) is 0 Å². The second-order valence-electron chi connectivity index (χ2n) is 5.38. The molecular formula is C19H19IN2O. The molecule has 0 bridgehead atoms. The fourth-order valence-electron chi connectivity index (χ4n) is 2.48. The molecular weight excluding hydrogens is 399 g/mol. The van der Waals surface area contributed by atoms with Crippen LogP contribution in [0, 0.1) is 3.57 Å². The van der Waals surface area contributed by atoms with Gasteiger partial charge in [0.05, 0.1) is 18.6 Å². The summed E-state index contributed by atoms with van der Waals surface area (Å²) in [7, 11) is 0. The van der Waals surface area contributed by atoms with Crippen molar-refractivity contribution in [3.63, 3.8) is 0 Å². The molecule has 1 aromatic heterocycles. The number of hydrogen-bond donors (Lipinski definition) is 1. The van der Waals surface area contributed by atoms with Gasteiger partial charge >= 0.3 is 0 Å². The van der Waals surface area contributed by atoms with Crippen LogP contribution in [0.5, 0.6) is 0 Å². The molecule has 0 saturated carbocycles. The Morgan fingerprint density at radius 3 is 2.57 bits per heavy atom. The Bertz CT molecular complexity index is 723. The number of aromatic nitrogens is 2. The van der Waals surface area contributed by atoms with Gasteiger partial charge in [-0.2, -0.15) is 0 Å². The smallest absolute Gasteiger partial charge is 0.0929 e. The summed E-state index contributed by atoms with van der Waals surface area (Å²) in [5.74, 6) is 0. The fourth-order valence-corrected chi connectivity index (χ4v) is 2.84. The highest BCUT2D eigenvalue weighted by molar-refractivity contribution is 14.1. The molecule has 0 saturated heterocycles. The zero-order chi connectivity index (χ0) is 15.9. The molecule has 4 heteroatoms. The fraction of sp³-hybridized carbons (Fsp3) is 0.211. The number of benzene rings is 2. The maximum absolute atomic E-state index is 5.77. The number of nitrogens with one attached hydrogen (secondary N) is 1. The van der Waals surface area contributed by atoms with E-state index in [1.54, 1.807) is 6.33 Å². The van der Waals surface area contributed by atoms with Gasteiger partial charge < -0.3 is 9.72 Å². The minimum Gasteiger partial charge on any atom is -0.377 e. The van der Waals surface area contributed by atoms with Gasteiger partial charge in [-0.15, -0.1) is 0 Å². The predicted octanol–water partition coefficient (Wildman–Crippen LogP) is 4.83. The highest BCUT2D eigenvalue weighted by atomic mass is 127. The van der Waals surface area contributed by atoms with Crippen LogP contribution in [0.2, 0.25) is 0 Å². The number of imidazole rings is 1. The molecule has 0 amide bonds. The SMILES string of the molecule is Ic1ccc(COCCCc2[nH]cnc2-c2ccccc2)cc1. The van der Waals surface area contributed by atoms with Gasteiger partial charge in [0.1, 0.15) is 0 Å². The maximum atomic E-state index is 5.77. The van der Waals surface area contributed by atoms with Crippen LogP contribution in [0.3, 0.4) is 0 Å². The quantitative estimate of drug-likeness (QED) is 0.441. The first-order valence-electron chi connectivity index (χ1n) is 7.73. The van der Waals surface area contributed by atoms with Crippen LogP contribution in [-0.4, -0.2) is 16.6 Å². The number of ether oxygens (including phenoxy) is 1. The van der Waals surface area contributed by atoms with E-state index < -0.39 is 0 Å². The summed E-state index contributed by atoms with van der Waals surface area (Å²) in [5, 5.41) is 0. The Hall–Kier alpha value is -1.66. The largest absolute Gasteiger partial charge is 0.377 e. The molecule has 118 valence electrons. The molecule has 23 heavy (non-hydrogen) atoms. The number of rotatable bonds is 7. The lowest BCUT2D eigenvalue weighted by molar-refractivity contribution is 0.118. The number of aryl methyl sites for hydroxylation is 1. The van der Waals surface area contributed by atoms with Crippen molar-refractivity contribution in [1.82, 2.24) is 9.97 Å². The first-order valence-corrected chi connectivity index (χ1v) is 8.80. The van der Waals surface area contributed by atoms with Crippen molar-refractivity contribution < 1.29 is 4.74 Å². The summed E-state index contributed by atoms with van der Waals surface area (Å²) in [4.78, 5) is 7.70. The van der Waals surface area contributed by atoms with Gasteiger partial charge in [-0.3, -0.25) is 0 Å². The second-order valence-corrected chi connectivity index (χ2v) is 6.62. The van der Waals surface area contributed by atoms with Crippen LogP contribution in [0.1, 0.15) is 17.7 Å². The highest BCUT2D eigenvalue weighted by Crippen LogP contribution is 2.20. The molecule has 1 N–H and O–H groups in total. The predicted molar refractivity (Wildman–Crippen MR) is 101 cm³/mol. The number of aromatic amines is 1. The third kappa shape index (κ3) is 4.65. The third-order valence-corrected chi connectivity index (χ3v) is 4.38. The van der Waals surface area contributed by atoms with E-state index in [4.69, 9.17) is 4.74 Å². The van der Waals surface area contributed by atoms with E-state index in [2.05, 4.69) is 69.0 Å². The Labute approximate surface area is 150 Å². The summed E-state index contributed by atoms with van der Waals surface area (Å²) in [6.45, 7) is 1.42. The van der Waals surface area contributed by atoms with Gasteiger partial charge in [-0.1, -0.05) is 42.5 Å². The lowest BCUT2D eigenvalue weighted by Gasteiger charge is -2.06. The van der Waals surface area contributed by atoms with Crippen LogP contribution in [0.4, 0.5) is 0 Å². The summed E-state index contributed by atoms with van der Waals surface area (Å²) >= 11 is 2.31. The number of halogens is 1. The van der Waals surface area contributed by atoms with Gasteiger partial charge in [-0.25, -0.2) is 4.98 Å². The van der Waals surface area contributed by atoms with Gasteiger partial charge in [0.2, 0.25) is 0 Å². The number of H-pyrrole nitrogens is 1. The molecule has 3 nitrogen and oxygen atoms in total. The van der Waals surface area contributed by atoms with Crippen LogP contribution in [-0.2, 0) is 17.8 Å². The molecule has 0 fully saturated rings. The monoisotopic (exact) mass is 418 g/mol. The Balaban J connectivity index is 1.46. The van der Waals surface area contributed by atoms with Crippen molar-refractivity contribution in [1.29, 1.82) is 0 Å². The van der Waals surface area contributed by atoms with E-state index >= 15 is 0 Å². The van der Waals surface area contributed by atoms with Crippen molar-refractivity contribution in [3.05, 3.63) is 75.8 Å². The maximum Gasteiger partial charge on any atom is 0.0929 e. The molecule has 0 aliphatic rings. The first kappa shape index (κ1) is 16.2. The van der Waals surface area contributed by atoms with Crippen LogP contribution >= 0.6 is 22.6 Å². The average Bonchev–Trinajstić information content (AvgIpc) is 3.05. The van der Waals surface area contributed by atoms with Crippen molar-refractivity contribution >= 4 is 22.6 Å².